The predicted molar refractivity (Wildman–Crippen MR) is 117 cm³/mol. The van der Waals surface area contributed by atoms with Crippen LogP contribution in [0.25, 0.3) is 0 Å². The maximum Gasteiger partial charge on any atom is 0.239 e. The van der Waals surface area contributed by atoms with Gasteiger partial charge in [-0.3, -0.25) is 20.5 Å². The molecule has 2 aliphatic rings. The van der Waals surface area contributed by atoms with Crippen molar-refractivity contribution in [3.63, 3.8) is 0 Å². The van der Waals surface area contributed by atoms with Crippen LogP contribution in [0.3, 0.4) is 0 Å². The molecule has 30 heavy (non-hydrogen) atoms. The Morgan fingerprint density at radius 3 is 3.03 bits per heavy atom. The topological polar surface area (TPSA) is 78.5 Å². The summed E-state index contributed by atoms with van der Waals surface area (Å²) in [5.41, 5.74) is 6.85. The van der Waals surface area contributed by atoms with Crippen molar-refractivity contribution in [3.8, 4) is 5.75 Å². The molecule has 0 radical (unpaired) electrons. The van der Waals surface area contributed by atoms with Gasteiger partial charge in [0, 0.05) is 29.3 Å². The fourth-order valence-electron chi connectivity index (χ4n) is 4.28. The molecule has 3 N–H and O–H groups in total. The average Bonchev–Trinajstić information content (AvgIpc) is 3.38. The summed E-state index contributed by atoms with van der Waals surface area (Å²) in [5.74, 6) is 1.38. The van der Waals surface area contributed by atoms with Crippen LogP contribution in [-0.4, -0.2) is 53.6 Å². The minimum absolute atomic E-state index is 0.0157. The second-order valence-electron chi connectivity index (χ2n) is 7.87. The molecule has 0 saturated carbocycles. The lowest BCUT2D eigenvalue weighted by atomic mass is 9.99. The molecular formula is C22H28ClN5O2. The summed E-state index contributed by atoms with van der Waals surface area (Å²) in [6, 6.07) is 14.0. The maximum absolute atomic E-state index is 12.4. The number of carbonyl (C=O) groups is 1. The van der Waals surface area contributed by atoms with Gasteiger partial charge >= 0.3 is 0 Å². The van der Waals surface area contributed by atoms with Crippen LogP contribution in [0.1, 0.15) is 25.7 Å². The lowest BCUT2D eigenvalue weighted by molar-refractivity contribution is -0.117. The van der Waals surface area contributed by atoms with E-state index in [1.165, 1.54) is 0 Å². The van der Waals surface area contributed by atoms with Gasteiger partial charge in [0.1, 0.15) is 11.6 Å². The van der Waals surface area contributed by atoms with Crippen LogP contribution in [0.5, 0.6) is 5.75 Å². The molecule has 2 saturated heterocycles. The summed E-state index contributed by atoms with van der Waals surface area (Å²) in [5, 5.41) is 3.56. The third-order valence-electron chi connectivity index (χ3n) is 5.70. The van der Waals surface area contributed by atoms with Gasteiger partial charge in [-0.15, -0.1) is 0 Å². The molecule has 3 unspecified atom stereocenters. The molecule has 2 aliphatic heterocycles. The number of benzene rings is 1. The fraction of sp³-hybridized carbons (Fsp3) is 0.455. The molecule has 0 aliphatic carbocycles. The van der Waals surface area contributed by atoms with E-state index in [-0.39, 0.29) is 5.91 Å². The van der Waals surface area contributed by atoms with E-state index in [1.54, 1.807) is 12.3 Å². The monoisotopic (exact) mass is 429 g/mol. The summed E-state index contributed by atoms with van der Waals surface area (Å²) in [6.07, 6.45) is 5.81. The average molecular weight is 430 g/mol. The number of pyridine rings is 1. The number of hydrazine groups is 1. The molecule has 7 nitrogen and oxygen atoms in total. The summed E-state index contributed by atoms with van der Waals surface area (Å²) in [7, 11) is 0. The normalized spacial score (nSPS) is 24.1. The van der Waals surface area contributed by atoms with E-state index in [4.69, 9.17) is 16.3 Å². The zero-order chi connectivity index (χ0) is 20.8. The van der Waals surface area contributed by atoms with Gasteiger partial charge < -0.3 is 10.1 Å². The highest BCUT2D eigenvalue weighted by atomic mass is 35.5. The number of aromatic nitrogens is 1. The Bertz CT molecular complexity index is 837. The molecule has 4 rings (SSSR count). The van der Waals surface area contributed by atoms with E-state index >= 15 is 0 Å². The summed E-state index contributed by atoms with van der Waals surface area (Å²) < 4.78 is 5.82. The number of likely N-dealkylation sites (tertiary alicyclic amines) is 1. The molecule has 8 heteroatoms. The zero-order valence-electron chi connectivity index (χ0n) is 16.9. The lowest BCUT2D eigenvalue weighted by Crippen LogP contribution is -2.48. The van der Waals surface area contributed by atoms with Crippen molar-refractivity contribution < 1.29 is 9.53 Å². The number of nitrogens with one attached hydrogen (secondary N) is 3. The molecular weight excluding hydrogens is 402 g/mol. The molecule has 2 fully saturated rings. The van der Waals surface area contributed by atoms with Crippen molar-refractivity contribution in [2.45, 2.75) is 43.8 Å². The molecule has 0 bridgehead atoms. The molecule has 1 aromatic carbocycles. The number of amides is 1. The van der Waals surface area contributed by atoms with Crippen molar-refractivity contribution in [2.75, 3.05) is 25.0 Å². The summed E-state index contributed by atoms with van der Waals surface area (Å²) in [6.45, 7) is 1.97. The van der Waals surface area contributed by atoms with Crippen LogP contribution in [-0.2, 0) is 4.79 Å². The molecule has 1 amide bonds. The van der Waals surface area contributed by atoms with Crippen LogP contribution in [0.4, 0.5) is 5.82 Å². The summed E-state index contributed by atoms with van der Waals surface area (Å²) >= 11 is 6.00. The Morgan fingerprint density at radius 1 is 1.27 bits per heavy atom. The van der Waals surface area contributed by atoms with E-state index in [2.05, 4.69) is 26.1 Å². The second-order valence-corrected chi connectivity index (χ2v) is 8.30. The minimum atomic E-state index is -0.0157. The van der Waals surface area contributed by atoms with Crippen molar-refractivity contribution in [3.05, 3.63) is 53.7 Å². The van der Waals surface area contributed by atoms with E-state index in [0.29, 0.717) is 42.1 Å². The molecule has 3 heterocycles. The first-order chi connectivity index (χ1) is 14.7. The van der Waals surface area contributed by atoms with Crippen LogP contribution in [0.2, 0.25) is 5.02 Å². The van der Waals surface area contributed by atoms with Crippen molar-refractivity contribution in [2.24, 2.45) is 0 Å². The number of nitrogens with zero attached hydrogens (tertiary/aromatic N) is 2. The van der Waals surface area contributed by atoms with Gasteiger partial charge in [0.25, 0.3) is 0 Å². The Kier molecular flexibility index (Phi) is 7.17. The minimum Gasteiger partial charge on any atom is -0.493 e. The standard InChI is InChI=1S/C22H28ClN5O2/c23-16-5-3-6-18(13-16)30-12-9-17-14-19(27-26-17)20-7-4-11-28(20)15-22(29)25-21-8-1-2-10-24-21/h1-3,5-6,8,10,13,17,19-20,26-27H,4,7,9,11-12,14-15H2,(H,24,25,29). The van der Waals surface area contributed by atoms with Crippen molar-refractivity contribution in [1.82, 2.24) is 20.7 Å². The van der Waals surface area contributed by atoms with Crippen molar-refractivity contribution >= 4 is 23.3 Å². The number of carbonyl (C=O) groups excluding carboxylic acids is 1. The van der Waals surface area contributed by atoms with Crippen LogP contribution in [0.15, 0.2) is 48.7 Å². The fourth-order valence-corrected chi connectivity index (χ4v) is 4.46. The lowest BCUT2D eigenvalue weighted by Gasteiger charge is -2.28. The van der Waals surface area contributed by atoms with Crippen LogP contribution < -0.4 is 20.9 Å². The van der Waals surface area contributed by atoms with E-state index in [9.17, 15) is 4.79 Å². The highest BCUT2D eigenvalue weighted by Gasteiger charge is 2.37. The highest BCUT2D eigenvalue weighted by Crippen LogP contribution is 2.25. The Labute approximate surface area is 182 Å². The van der Waals surface area contributed by atoms with E-state index in [0.717, 1.165) is 38.0 Å². The maximum atomic E-state index is 12.4. The van der Waals surface area contributed by atoms with Gasteiger partial charge in [0.2, 0.25) is 5.91 Å². The molecule has 1 aromatic heterocycles. The number of halogens is 1. The van der Waals surface area contributed by atoms with Gasteiger partial charge in [-0.2, -0.15) is 0 Å². The first-order valence-electron chi connectivity index (χ1n) is 10.5. The van der Waals surface area contributed by atoms with Crippen molar-refractivity contribution in [1.29, 1.82) is 0 Å². The summed E-state index contributed by atoms with van der Waals surface area (Å²) in [4.78, 5) is 18.9. The zero-order valence-corrected chi connectivity index (χ0v) is 17.6. The van der Waals surface area contributed by atoms with E-state index < -0.39 is 0 Å². The Balaban J connectivity index is 1.22. The predicted octanol–water partition coefficient (Wildman–Crippen LogP) is 2.84. The van der Waals surface area contributed by atoms with Gasteiger partial charge in [-0.05, 0) is 62.6 Å². The number of hydrogen-bond acceptors (Lipinski definition) is 6. The SMILES string of the molecule is O=C(CN1CCCC1C1CC(CCOc2cccc(Cl)c2)NN1)Nc1ccccn1. The third kappa shape index (κ3) is 5.70. The Hall–Kier alpha value is -2.19. The largest absolute Gasteiger partial charge is 0.493 e. The number of anilines is 1. The highest BCUT2D eigenvalue weighted by molar-refractivity contribution is 6.30. The molecule has 160 valence electrons. The number of ether oxygens (including phenoxy) is 1. The third-order valence-corrected chi connectivity index (χ3v) is 5.94. The van der Waals surface area contributed by atoms with Gasteiger partial charge in [0.15, 0.2) is 0 Å². The van der Waals surface area contributed by atoms with Crippen LogP contribution >= 0.6 is 11.6 Å². The quantitative estimate of drug-likeness (QED) is 0.599. The molecule has 0 spiro atoms. The first-order valence-corrected chi connectivity index (χ1v) is 10.9. The van der Waals surface area contributed by atoms with Gasteiger partial charge in [-0.25, -0.2) is 4.98 Å². The number of hydrogen-bond donors (Lipinski definition) is 3. The van der Waals surface area contributed by atoms with E-state index in [1.807, 2.05) is 36.4 Å². The van der Waals surface area contributed by atoms with Gasteiger partial charge in [0.05, 0.1) is 13.2 Å². The molecule has 2 aromatic rings. The smallest absolute Gasteiger partial charge is 0.239 e. The second kappa shape index (κ2) is 10.2. The first kappa shape index (κ1) is 21.1. The molecule has 3 atom stereocenters. The number of rotatable bonds is 8. The van der Waals surface area contributed by atoms with Gasteiger partial charge in [-0.1, -0.05) is 23.7 Å². The van der Waals surface area contributed by atoms with Crippen LogP contribution in [0, 0.1) is 0 Å². The Morgan fingerprint density at radius 2 is 2.20 bits per heavy atom.